The first-order valence-corrected chi connectivity index (χ1v) is 13.1. The lowest BCUT2D eigenvalue weighted by molar-refractivity contribution is -0.120. The van der Waals surface area contributed by atoms with Crippen LogP contribution in [0.2, 0.25) is 0 Å². The van der Waals surface area contributed by atoms with Gasteiger partial charge >= 0.3 is 0 Å². The van der Waals surface area contributed by atoms with Gasteiger partial charge < -0.3 is 30.1 Å². The summed E-state index contributed by atoms with van der Waals surface area (Å²) in [6, 6.07) is 7.13. The van der Waals surface area contributed by atoms with E-state index in [0.717, 1.165) is 73.0 Å². The van der Waals surface area contributed by atoms with E-state index in [1.807, 2.05) is 24.9 Å². The van der Waals surface area contributed by atoms with Gasteiger partial charge in [0.1, 0.15) is 29.4 Å². The second kappa shape index (κ2) is 11.1. The summed E-state index contributed by atoms with van der Waals surface area (Å²) in [4.78, 5) is 47.4. The Bertz CT molecular complexity index is 1300. The van der Waals surface area contributed by atoms with Crippen LogP contribution in [0.15, 0.2) is 30.6 Å². The minimum atomic E-state index is -0.110. The number of carbonyl (C=O) groups is 2. The average molecular weight is 519 g/mol. The number of nitrogens with one attached hydrogen (secondary N) is 2. The number of benzene rings is 1. The number of carbonyl (C=O) groups excluding carboxylic acids is 2. The van der Waals surface area contributed by atoms with Gasteiger partial charge in [-0.2, -0.15) is 0 Å². The Balaban J connectivity index is 1.18. The molecule has 4 heterocycles. The third-order valence-electron chi connectivity index (χ3n) is 7.50. The first kappa shape index (κ1) is 25.5. The highest BCUT2D eigenvalue weighted by atomic mass is 16.3. The molecule has 0 unspecified atom stereocenters. The average Bonchev–Trinajstić information content (AvgIpc) is 3.32. The fraction of sp³-hybridized carbons (Fsp3) is 0.444. The standard InChI is InChI=1S/C27H34N8O3/c1-18-31-23-8-12-34(15-25(23)32-18)27(38)24-14-26(30-16-29-24)33-10-6-20(7-11-33)35(17-36)9-5-19-13-21(37)3-4-22(19)28-2/h3-4,13-14,16-17,20,28,37H,5-12,15H2,1-2H3,(H,31,32). The Hall–Kier alpha value is -4.15. The van der Waals surface area contributed by atoms with Crippen LogP contribution in [0.3, 0.4) is 0 Å². The molecule has 0 bridgehead atoms. The first-order chi connectivity index (χ1) is 18.4. The number of H-pyrrole nitrogens is 1. The fourth-order valence-electron chi connectivity index (χ4n) is 5.44. The Morgan fingerprint density at radius 2 is 2.05 bits per heavy atom. The number of fused-ring (bicyclic) bond motifs is 1. The molecule has 2 aromatic heterocycles. The van der Waals surface area contributed by atoms with Crippen LogP contribution in [-0.2, 0) is 24.2 Å². The molecule has 1 aromatic carbocycles. The molecule has 5 rings (SSSR count). The zero-order chi connectivity index (χ0) is 26.6. The topological polar surface area (TPSA) is 131 Å². The van der Waals surface area contributed by atoms with Crippen LogP contribution in [0, 0.1) is 6.92 Å². The van der Waals surface area contributed by atoms with Crippen LogP contribution < -0.4 is 10.2 Å². The molecule has 0 radical (unpaired) electrons. The SMILES string of the molecule is CNc1ccc(O)cc1CCN(C=O)C1CCN(c2cc(C(=O)N3CCc4nc(C)[nH]c4C3)ncn2)CC1. The Labute approximate surface area is 221 Å². The summed E-state index contributed by atoms with van der Waals surface area (Å²) >= 11 is 0. The molecule has 2 amide bonds. The van der Waals surface area contributed by atoms with Crippen molar-refractivity contribution in [1.29, 1.82) is 0 Å². The van der Waals surface area contributed by atoms with Crippen molar-refractivity contribution < 1.29 is 14.7 Å². The number of amides is 2. The van der Waals surface area contributed by atoms with Crippen LogP contribution >= 0.6 is 0 Å². The molecule has 0 atom stereocenters. The molecular weight excluding hydrogens is 484 g/mol. The highest BCUT2D eigenvalue weighted by Gasteiger charge is 2.28. The van der Waals surface area contributed by atoms with E-state index in [-0.39, 0.29) is 17.7 Å². The third kappa shape index (κ3) is 5.41. The number of phenols is 1. The molecule has 11 nitrogen and oxygen atoms in total. The number of nitrogens with zero attached hydrogens (tertiary/aromatic N) is 6. The van der Waals surface area contributed by atoms with E-state index >= 15 is 0 Å². The molecule has 38 heavy (non-hydrogen) atoms. The summed E-state index contributed by atoms with van der Waals surface area (Å²) in [6.45, 7) is 5.07. The van der Waals surface area contributed by atoms with E-state index in [4.69, 9.17) is 0 Å². The van der Waals surface area contributed by atoms with Gasteiger partial charge in [0.05, 0.1) is 17.9 Å². The molecule has 3 N–H and O–H groups in total. The number of rotatable bonds is 8. The van der Waals surface area contributed by atoms with E-state index in [2.05, 4.69) is 30.2 Å². The molecule has 0 aliphatic carbocycles. The van der Waals surface area contributed by atoms with E-state index in [0.29, 0.717) is 31.7 Å². The molecule has 11 heteroatoms. The normalized spacial score (nSPS) is 15.7. The van der Waals surface area contributed by atoms with Gasteiger partial charge in [-0.1, -0.05) is 0 Å². The minimum absolute atomic E-state index is 0.110. The lowest BCUT2D eigenvalue weighted by Gasteiger charge is -2.37. The van der Waals surface area contributed by atoms with E-state index in [1.165, 1.54) is 6.33 Å². The van der Waals surface area contributed by atoms with Crippen molar-refractivity contribution in [2.45, 2.75) is 45.2 Å². The van der Waals surface area contributed by atoms with E-state index in [1.54, 1.807) is 23.1 Å². The molecular formula is C27H34N8O3. The predicted octanol–water partition coefficient (Wildman–Crippen LogP) is 2.12. The van der Waals surface area contributed by atoms with E-state index < -0.39 is 0 Å². The van der Waals surface area contributed by atoms with Crippen molar-refractivity contribution in [2.75, 3.05) is 43.4 Å². The van der Waals surface area contributed by atoms with Gasteiger partial charge in [0.25, 0.3) is 5.91 Å². The van der Waals surface area contributed by atoms with Gasteiger partial charge in [0, 0.05) is 57.4 Å². The fourth-order valence-corrected chi connectivity index (χ4v) is 5.44. The van der Waals surface area contributed by atoms with Gasteiger partial charge in [0.2, 0.25) is 6.41 Å². The quantitative estimate of drug-likeness (QED) is 0.305. The van der Waals surface area contributed by atoms with Crippen LogP contribution in [-0.4, -0.2) is 86.4 Å². The molecule has 1 fully saturated rings. The molecule has 3 aromatic rings. The molecule has 2 aliphatic rings. The second-order valence-electron chi connectivity index (χ2n) is 9.89. The third-order valence-corrected chi connectivity index (χ3v) is 7.50. The molecule has 200 valence electrons. The minimum Gasteiger partial charge on any atom is -0.508 e. The summed E-state index contributed by atoms with van der Waals surface area (Å²) < 4.78 is 0. The molecule has 1 saturated heterocycles. The van der Waals surface area contributed by atoms with Gasteiger partial charge in [-0.15, -0.1) is 0 Å². The Morgan fingerprint density at radius 3 is 2.82 bits per heavy atom. The highest BCUT2D eigenvalue weighted by molar-refractivity contribution is 5.93. The number of aromatic amines is 1. The maximum atomic E-state index is 13.2. The van der Waals surface area contributed by atoms with Crippen molar-refractivity contribution in [2.24, 2.45) is 0 Å². The van der Waals surface area contributed by atoms with Crippen LogP contribution in [0.4, 0.5) is 11.5 Å². The number of imidazole rings is 1. The second-order valence-corrected chi connectivity index (χ2v) is 9.89. The zero-order valence-electron chi connectivity index (χ0n) is 21.9. The monoisotopic (exact) mass is 518 g/mol. The summed E-state index contributed by atoms with van der Waals surface area (Å²) in [5.41, 5.74) is 4.33. The smallest absolute Gasteiger partial charge is 0.273 e. The van der Waals surface area contributed by atoms with Crippen molar-refractivity contribution in [1.82, 2.24) is 29.7 Å². The number of hydrogen-bond acceptors (Lipinski definition) is 8. The van der Waals surface area contributed by atoms with Gasteiger partial charge in [-0.25, -0.2) is 15.0 Å². The Morgan fingerprint density at radius 1 is 1.24 bits per heavy atom. The number of aromatic nitrogens is 4. The van der Waals surface area contributed by atoms with Crippen molar-refractivity contribution >= 4 is 23.8 Å². The van der Waals surface area contributed by atoms with Crippen LogP contribution in [0.5, 0.6) is 5.75 Å². The van der Waals surface area contributed by atoms with Crippen molar-refractivity contribution in [3.63, 3.8) is 0 Å². The lowest BCUT2D eigenvalue weighted by atomic mass is 10.0. The number of aryl methyl sites for hydroxylation is 1. The van der Waals surface area contributed by atoms with Gasteiger partial charge in [0.15, 0.2) is 0 Å². The number of aromatic hydroxyl groups is 1. The largest absolute Gasteiger partial charge is 0.508 e. The molecule has 0 spiro atoms. The maximum Gasteiger partial charge on any atom is 0.273 e. The van der Waals surface area contributed by atoms with Gasteiger partial charge in [-0.3, -0.25) is 9.59 Å². The van der Waals surface area contributed by atoms with Gasteiger partial charge in [-0.05, 0) is 49.9 Å². The molecule has 0 saturated carbocycles. The highest BCUT2D eigenvalue weighted by Crippen LogP contribution is 2.25. The molecule has 2 aliphatic heterocycles. The maximum absolute atomic E-state index is 13.2. The summed E-state index contributed by atoms with van der Waals surface area (Å²) in [5, 5.41) is 13.0. The zero-order valence-corrected chi connectivity index (χ0v) is 21.9. The van der Waals surface area contributed by atoms with Crippen molar-refractivity contribution in [3.8, 4) is 5.75 Å². The van der Waals surface area contributed by atoms with Crippen molar-refractivity contribution in [3.05, 3.63) is 59.1 Å². The number of hydrogen-bond donors (Lipinski definition) is 3. The van der Waals surface area contributed by atoms with Crippen LogP contribution in [0.25, 0.3) is 0 Å². The lowest BCUT2D eigenvalue weighted by Crippen LogP contribution is -2.45. The van der Waals surface area contributed by atoms with E-state index in [9.17, 15) is 14.7 Å². The van der Waals surface area contributed by atoms with Crippen LogP contribution in [0.1, 0.15) is 46.1 Å². The summed E-state index contributed by atoms with van der Waals surface area (Å²) in [7, 11) is 1.84. The Kier molecular flexibility index (Phi) is 7.43. The number of phenolic OH excluding ortho intramolecular Hbond substituents is 1. The number of anilines is 2. The first-order valence-electron chi connectivity index (χ1n) is 13.1. The number of piperidine rings is 1. The predicted molar refractivity (Wildman–Crippen MR) is 143 cm³/mol. The summed E-state index contributed by atoms with van der Waals surface area (Å²) in [5.74, 6) is 1.70. The summed E-state index contributed by atoms with van der Waals surface area (Å²) in [6.07, 6.45) is 5.37.